The maximum absolute atomic E-state index is 12.0. The van der Waals surface area contributed by atoms with Crippen LogP contribution in [0.2, 0.25) is 10.0 Å². The number of carboxylic acid groups (broad SMARTS) is 1. The Labute approximate surface area is 130 Å². The van der Waals surface area contributed by atoms with Crippen molar-refractivity contribution in [2.24, 2.45) is 0 Å². The monoisotopic (exact) mass is 331 g/mol. The maximum Gasteiger partial charge on any atom is 0.327 e. The van der Waals surface area contributed by atoms with Crippen molar-refractivity contribution in [2.45, 2.75) is 6.04 Å². The van der Waals surface area contributed by atoms with Gasteiger partial charge in [-0.2, -0.15) is 0 Å². The van der Waals surface area contributed by atoms with E-state index in [4.69, 9.17) is 28.3 Å². The fourth-order valence-corrected chi connectivity index (χ4v) is 3.28. The Kier molecular flexibility index (Phi) is 4.96. The Hall–Kier alpha value is -1.17. The molecular formula is C13H11Cl2NO3S. The summed E-state index contributed by atoms with van der Waals surface area (Å²) in [5.41, 5.74) is 0.617. The van der Waals surface area contributed by atoms with E-state index in [9.17, 15) is 9.59 Å². The van der Waals surface area contributed by atoms with E-state index in [0.29, 0.717) is 27.2 Å². The van der Waals surface area contributed by atoms with Crippen molar-refractivity contribution in [3.8, 4) is 0 Å². The van der Waals surface area contributed by atoms with Crippen LogP contribution in [0.4, 0.5) is 0 Å². The number of nitrogens with zero attached hydrogens (tertiary/aromatic N) is 1. The van der Waals surface area contributed by atoms with Crippen LogP contribution in [0, 0.1) is 0 Å². The molecule has 20 heavy (non-hydrogen) atoms. The number of halogens is 2. The zero-order valence-corrected chi connectivity index (χ0v) is 12.6. The van der Waals surface area contributed by atoms with Gasteiger partial charge in [0.1, 0.15) is 6.04 Å². The van der Waals surface area contributed by atoms with Gasteiger partial charge in [0, 0.05) is 21.9 Å². The number of carboxylic acids is 1. The lowest BCUT2D eigenvalue weighted by Crippen LogP contribution is -2.40. The molecule has 1 unspecified atom stereocenters. The van der Waals surface area contributed by atoms with Gasteiger partial charge in [-0.15, -0.1) is 11.8 Å². The summed E-state index contributed by atoms with van der Waals surface area (Å²) < 4.78 is 0. The normalized spacial score (nSPS) is 18.7. The predicted molar refractivity (Wildman–Crippen MR) is 81.1 cm³/mol. The molecule has 1 fully saturated rings. The van der Waals surface area contributed by atoms with Crippen molar-refractivity contribution in [3.63, 3.8) is 0 Å². The van der Waals surface area contributed by atoms with E-state index in [1.165, 1.54) is 22.7 Å². The van der Waals surface area contributed by atoms with Crippen LogP contribution in [0.25, 0.3) is 6.08 Å². The highest BCUT2D eigenvalue weighted by atomic mass is 35.5. The topological polar surface area (TPSA) is 57.6 Å². The molecule has 106 valence electrons. The minimum absolute atomic E-state index is 0.349. The van der Waals surface area contributed by atoms with Crippen molar-refractivity contribution in [2.75, 3.05) is 11.6 Å². The van der Waals surface area contributed by atoms with E-state index >= 15 is 0 Å². The Morgan fingerprint density at radius 3 is 2.85 bits per heavy atom. The molecule has 1 aliphatic rings. The molecule has 1 saturated heterocycles. The van der Waals surface area contributed by atoms with Crippen molar-refractivity contribution in [1.29, 1.82) is 0 Å². The van der Waals surface area contributed by atoms with Crippen LogP contribution in [-0.4, -0.2) is 39.6 Å². The molecule has 0 aliphatic carbocycles. The van der Waals surface area contributed by atoms with Crippen molar-refractivity contribution in [3.05, 3.63) is 39.9 Å². The molecule has 1 amide bonds. The summed E-state index contributed by atoms with van der Waals surface area (Å²) in [6.07, 6.45) is 2.86. The number of aliphatic carboxylic acids is 1. The lowest BCUT2D eigenvalue weighted by molar-refractivity contribution is -0.146. The second-order valence-electron chi connectivity index (χ2n) is 4.16. The first-order valence-corrected chi connectivity index (χ1v) is 7.64. The Morgan fingerprint density at radius 1 is 1.40 bits per heavy atom. The molecule has 1 atom stereocenters. The Morgan fingerprint density at radius 2 is 2.15 bits per heavy atom. The summed E-state index contributed by atoms with van der Waals surface area (Å²) in [4.78, 5) is 24.4. The lowest BCUT2D eigenvalue weighted by Gasteiger charge is -2.18. The molecule has 0 aromatic heterocycles. The molecule has 0 spiro atoms. The Bertz CT molecular complexity index is 577. The minimum atomic E-state index is -0.988. The summed E-state index contributed by atoms with van der Waals surface area (Å²) in [6, 6.07) is 4.16. The summed E-state index contributed by atoms with van der Waals surface area (Å²) in [5.74, 6) is -0.549. The van der Waals surface area contributed by atoms with E-state index < -0.39 is 12.0 Å². The first kappa shape index (κ1) is 15.2. The van der Waals surface area contributed by atoms with Gasteiger partial charge in [-0.3, -0.25) is 4.79 Å². The van der Waals surface area contributed by atoms with Crippen LogP contribution < -0.4 is 0 Å². The lowest BCUT2D eigenvalue weighted by atomic mass is 10.2. The first-order valence-electron chi connectivity index (χ1n) is 5.73. The van der Waals surface area contributed by atoms with Gasteiger partial charge in [0.15, 0.2) is 0 Å². The largest absolute Gasteiger partial charge is 0.480 e. The quantitative estimate of drug-likeness (QED) is 0.865. The van der Waals surface area contributed by atoms with Crippen LogP contribution in [0.3, 0.4) is 0 Å². The van der Waals surface area contributed by atoms with E-state index in [2.05, 4.69) is 0 Å². The second kappa shape index (κ2) is 6.52. The van der Waals surface area contributed by atoms with Gasteiger partial charge >= 0.3 is 5.97 Å². The smallest absolute Gasteiger partial charge is 0.327 e. The molecule has 1 heterocycles. The summed E-state index contributed by atoms with van der Waals surface area (Å²) in [7, 11) is 0. The molecule has 1 N–H and O–H groups in total. The number of benzene rings is 1. The van der Waals surface area contributed by atoms with Crippen LogP contribution in [0.1, 0.15) is 5.56 Å². The minimum Gasteiger partial charge on any atom is -0.480 e. The molecule has 1 aromatic rings. The molecule has 2 rings (SSSR count). The van der Waals surface area contributed by atoms with Crippen LogP contribution >= 0.6 is 35.0 Å². The fraction of sp³-hybridized carbons (Fsp3) is 0.231. The van der Waals surface area contributed by atoms with Crippen LogP contribution in [-0.2, 0) is 9.59 Å². The first-order chi connectivity index (χ1) is 9.49. The zero-order chi connectivity index (χ0) is 14.7. The SMILES string of the molecule is O=C(O)C1CSCN1C(=O)/C=C/c1cc(Cl)ccc1Cl. The van der Waals surface area contributed by atoms with Gasteiger partial charge in [0.05, 0.1) is 5.88 Å². The maximum atomic E-state index is 12.0. The molecule has 1 aromatic carbocycles. The molecule has 0 radical (unpaired) electrons. The molecule has 4 nitrogen and oxygen atoms in total. The Balaban J connectivity index is 2.13. The third-order valence-electron chi connectivity index (χ3n) is 2.81. The van der Waals surface area contributed by atoms with E-state index in [1.54, 1.807) is 24.3 Å². The molecule has 0 bridgehead atoms. The second-order valence-corrected chi connectivity index (χ2v) is 6.00. The summed E-state index contributed by atoms with van der Waals surface area (Å²) >= 11 is 13.3. The highest BCUT2D eigenvalue weighted by Gasteiger charge is 2.33. The number of carbonyl (C=O) groups excluding carboxylic acids is 1. The van der Waals surface area contributed by atoms with Crippen LogP contribution in [0.15, 0.2) is 24.3 Å². The van der Waals surface area contributed by atoms with Gasteiger partial charge in [-0.05, 0) is 29.8 Å². The predicted octanol–water partition coefficient (Wildman–Crippen LogP) is 2.99. The van der Waals surface area contributed by atoms with Crippen molar-refractivity contribution in [1.82, 2.24) is 4.90 Å². The third kappa shape index (κ3) is 3.48. The highest BCUT2D eigenvalue weighted by molar-refractivity contribution is 7.99. The molecule has 0 saturated carbocycles. The summed E-state index contributed by atoms with van der Waals surface area (Å²) in [5, 5.41) is 10.0. The van der Waals surface area contributed by atoms with Crippen molar-refractivity contribution < 1.29 is 14.7 Å². The summed E-state index contributed by atoms with van der Waals surface area (Å²) in [6.45, 7) is 0. The van der Waals surface area contributed by atoms with E-state index in [1.807, 2.05) is 0 Å². The number of rotatable bonds is 3. The molecule has 7 heteroatoms. The average Bonchev–Trinajstić information content (AvgIpc) is 2.89. The number of amides is 1. The number of carbonyl (C=O) groups is 2. The van der Waals surface area contributed by atoms with Crippen molar-refractivity contribution >= 4 is 52.9 Å². The van der Waals surface area contributed by atoms with E-state index in [0.717, 1.165) is 0 Å². The number of hydrogen-bond donors (Lipinski definition) is 1. The van der Waals surface area contributed by atoms with E-state index in [-0.39, 0.29) is 5.91 Å². The van der Waals surface area contributed by atoms with Gasteiger partial charge in [-0.25, -0.2) is 4.79 Å². The number of hydrogen-bond acceptors (Lipinski definition) is 3. The molecular weight excluding hydrogens is 321 g/mol. The average molecular weight is 332 g/mol. The number of thioether (sulfide) groups is 1. The highest BCUT2D eigenvalue weighted by Crippen LogP contribution is 2.24. The van der Waals surface area contributed by atoms with Gasteiger partial charge < -0.3 is 10.0 Å². The zero-order valence-electron chi connectivity index (χ0n) is 10.3. The van der Waals surface area contributed by atoms with Gasteiger partial charge in [0.25, 0.3) is 0 Å². The standard InChI is InChI=1S/C13H11Cl2NO3S/c14-9-2-3-10(15)8(5-9)1-4-12(17)16-7-20-6-11(16)13(18)19/h1-5,11H,6-7H2,(H,18,19)/b4-1+. The third-order valence-corrected chi connectivity index (χ3v) is 4.41. The molecule has 1 aliphatic heterocycles. The van der Waals surface area contributed by atoms with Gasteiger partial charge in [0.2, 0.25) is 5.91 Å². The van der Waals surface area contributed by atoms with Crippen LogP contribution in [0.5, 0.6) is 0 Å². The fourth-order valence-electron chi connectivity index (χ4n) is 1.76. The van der Waals surface area contributed by atoms with Gasteiger partial charge in [-0.1, -0.05) is 23.2 Å².